The molecule has 112 valence electrons. The molecule has 0 radical (unpaired) electrons. The number of sulfonamides is 1. The van der Waals surface area contributed by atoms with E-state index in [1.165, 1.54) is 29.5 Å². The molecular weight excluding hydrogens is 334 g/mol. The zero-order valence-electron chi connectivity index (χ0n) is 11.2. The average Bonchev–Trinajstić information content (AvgIpc) is 2.75. The van der Waals surface area contributed by atoms with Gasteiger partial charge >= 0.3 is 0 Å². The van der Waals surface area contributed by atoms with Gasteiger partial charge in [-0.15, -0.1) is 11.3 Å². The van der Waals surface area contributed by atoms with Crippen LogP contribution in [0.2, 0.25) is 5.02 Å². The maximum atomic E-state index is 12.2. The molecule has 0 unspecified atom stereocenters. The van der Waals surface area contributed by atoms with Crippen molar-refractivity contribution in [2.45, 2.75) is 6.92 Å². The molecule has 0 bridgehead atoms. The smallest absolute Gasteiger partial charge is 0.259 e. The van der Waals surface area contributed by atoms with Crippen LogP contribution in [0.3, 0.4) is 0 Å². The Hall–Kier alpha value is -1.64. The first kappa shape index (κ1) is 15.7. The van der Waals surface area contributed by atoms with E-state index in [1.54, 1.807) is 6.20 Å². The number of aryl methyl sites for hydroxylation is 1. The number of benzene rings is 1. The summed E-state index contributed by atoms with van der Waals surface area (Å²) in [7, 11) is -3.50. The molecule has 0 atom stereocenters. The van der Waals surface area contributed by atoms with Crippen LogP contribution in [0.1, 0.15) is 15.2 Å². The van der Waals surface area contributed by atoms with Gasteiger partial charge < -0.3 is 0 Å². The Bertz CT molecular complexity index is 787. The summed E-state index contributed by atoms with van der Waals surface area (Å²) in [4.78, 5) is 17.2. The van der Waals surface area contributed by atoms with Crippen molar-refractivity contribution in [3.63, 3.8) is 0 Å². The molecule has 9 heteroatoms. The zero-order valence-corrected chi connectivity index (χ0v) is 13.6. The van der Waals surface area contributed by atoms with E-state index in [0.717, 1.165) is 11.1 Å². The Morgan fingerprint density at radius 3 is 2.67 bits per heavy atom. The molecule has 0 aliphatic carbocycles. The number of thiazole rings is 1. The summed E-state index contributed by atoms with van der Waals surface area (Å²) in [6.45, 7) is 1.86. The van der Waals surface area contributed by atoms with Crippen LogP contribution in [0.25, 0.3) is 0 Å². The maximum Gasteiger partial charge on any atom is 0.259 e. The monoisotopic (exact) mass is 345 g/mol. The van der Waals surface area contributed by atoms with Crippen molar-refractivity contribution < 1.29 is 13.2 Å². The fraction of sp³-hybridized carbons (Fsp3) is 0.167. The molecule has 0 saturated carbocycles. The van der Waals surface area contributed by atoms with Gasteiger partial charge in [0.05, 0.1) is 17.5 Å². The lowest BCUT2D eigenvalue weighted by atomic mass is 10.1. The van der Waals surface area contributed by atoms with Gasteiger partial charge in [-0.1, -0.05) is 11.6 Å². The summed E-state index contributed by atoms with van der Waals surface area (Å²) in [6, 6.07) is 4.33. The molecule has 0 fully saturated rings. The topological polar surface area (TPSA) is 88.2 Å². The molecule has 0 aliphatic heterocycles. The third-order valence-electron chi connectivity index (χ3n) is 2.36. The number of halogens is 1. The number of anilines is 2. The molecule has 0 spiro atoms. The quantitative estimate of drug-likeness (QED) is 0.891. The van der Waals surface area contributed by atoms with E-state index >= 15 is 0 Å². The molecule has 6 nitrogen and oxygen atoms in total. The van der Waals surface area contributed by atoms with E-state index in [1.807, 2.05) is 6.92 Å². The van der Waals surface area contributed by atoms with E-state index in [9.17, 15) is 13.2 Å². The van der Waals surface area contributed by atoms with Crippen LogP contribution in [0.5, 0.6) is 0 Å². The van der Waals surface area contributed by atoms with Crippen molar-refractivity contribution in [2.75, 3.05) is 16.3 Å². The fourth-order valence-electron chi connectivity index (χ4n) is 1.57. The SMILES string of the molecule is Cc1cnc(NC(=O)c2cc(Cl)ccc2NS(C)(=O)=O)s1. The first-order valence-corrected chi connectivity index (χ1v) is 8.84. The summed E-state index contributed by atoms with van der Waals surface area (Å²) < 4.78 is 25.0. The Morgan fingerprint density at radius 1 is 1.38 bits per heavy atom. The minimum Gasteiger partial charge on any atom is -0.298 e. The number of aromatic nitrogens is 1. The summed E-state index contributed by atoms with van der Waals surface area (Å²) in [6.07, 6.45) is 2.64. The lowest BCUT2D eigenvalue weighted by molar-refractivity contribution is 0.102. The molecule has 2 rings (SSSR count). The second-order valence-electron chi connectivity index (χ2n) is 4.29. The molecule has 21 heavy (non-hydrogen) atoms. The number of nitrogens with zero attached hydrogens (tertiary/aromatic N) is 1. The highest BCUT2D eigenvalue weighted by Gasteiger charge is 2.16. The molecule has 2 aromatic rings. The normalized spacial score (nSPS) is 11.2. The van der Waals surface area contributed by atoms with E-state index in [0.29, 0.717) is 10.2 Å². The molecule has 1 aromatic heterocycles. The highest BCUT2D eigenvalue weighted by molar-refractivity contribution is 7.92. The van der Waals surface area contributed by atoms with E-state index < -0.39 is 15.9 Å². The number of nitrogens with one attached hydrogen (secondary N) is 2. The lowest BCUT2D eigenvalue weighted by Crippen LogP contribution is -2.17. The molecule has 1 aromatic carbocycles. The standard InChI is InChI=1S/C12H12ClN3O3S2/c1-7-6-14-12(20-7)15-11(17)9-5-8(13)3-4-10(9)16-21(2,18)19/h3-6,16H,1-2H3,(H,14,15,17). The van der Waals surface area contributed by atoms with Gasteiger partial charge in [-0.05, 0) is 25.1 Å². The van der Waals surface area contributed by atoms with E-state index in [-0.39, 0.29) is 11.3 Å². The number of rotatable bonds is 4. The number of amides is 1. The Morgan fingerprint density at radius 2 is 2.10 bits per heavy atom. The molecule has 1 amide bonds. The average molecular weight is 346 g/mol. The minimum absolute atomic E-state index is 0.126. The lowest BCUT2D eigenvalue weighted by Gasteiger charge is -2.10. The predicted molar refractivity (Wildman–Crippen MR) is 84.7 cm³/mol. The van der Waals surface area contributed by atoms with Crippen molar-refractivity contribution in [1.82, 2.24) is 4.98 Å². The molecular formula is C12H12ClN3O3S2. The first-order valence-electron chi connectivity index (χ1n) is 5.76. The minimum atomic E-state index is -3.50. The zero-order chi connectivity index (χ0) is 15.6. The highest BCUT2D eigenvalue weighted by atomic mass is 35.5. The third kappa shape index (κ3) is 4.42. The number of hydrogen-bond donors (Lipinski definition) is 2. The van der Waals surface area contributed by atoms with Gasteiger partial charge in [0.1, 0.15) is 0 Å². The van der Waals surface area contributed by atoms with E-state index in [4.69, 9.17) is 11.6 Å². The summed E-state index contributed by atoms with van der Waals surface area (Å²) >= 11 is 7.19. The summed E-state index contributed by atoms with van der Waals surface area (Å²) in [5.74, 6) is -0.488. The van der Waals surface area contributed by atoms with Crippen LogP contribution in [0.15, 0.2) is 24.4 Å². The van der Waals surface area contributed by atoms with Crippen LogP contribution in [0, 0.1) is 6.92 Å². The van der Waals surface area contributed by atoms with Crippen LogP contribution in [0.4, 0.5) is 10.8 Å². The number of carbonyl (C=O) groups is 1. The largest absolute Gasteiger partial charge is 0.298 e. The maximum absolute atomic E-state index is 12.2. The first-order chi connectivity index (χ1) is 9.74. The molecule has 0 aliphatic rings. The fourth-order valence-corrected chi connectivity index (χ4v) is 2.98. The third-order valence-corrected chi connectivity index (χ3v) is 4.02. The van der Waals surface area contributed by atoms with Crippen LogP contribution >= 0.6 is 22.9 Å². The second kappa shape index (κ2) is 6.00. The van der Waals surface area contributed by atoms with Gasteiger partial charge in [-0.2, -0.15) is 0 Å². The van der Waals surface area contributed by atoms with Crippen molar-refractivity contribution in [1.29, 1.82) is 0 Å². The van der Waals surface area contributed by atoms with Crippen molar-refractivity contribution in [3.8, 4) is 0 Å². The summed E-state index contributed by atoms with van der Waals surface area (Å²) in [5, 5.41) is 3.37. The Balaban J connectivity index is 2.32. The number of hydrogen-bond acceptors (Lipinski definition) is 5. The van der Waals surface area contributed by atoms with Crippen molar-refractivity contribution >= 4 is 49.7 Å². The van der Waals surface area contributed by atoms with Gasteiger partial charge in [0.2, 0.25) is 10.0 Å². The van der Waals surface area contributed by atoms with Crippen LogP contribution in [-0.4, -0.2) is 25.6 Å². The molecule has 0 saturated heterocycles. The Labute approximate surface area is 131 Å². The van der Waals surface area contributed by atoms with Gasteiger partial charge in [0, 0.05) is 16.1 Å². The molecule has 1 heterocycles. The van der Waals surface area contributed by atoms with Gasteiger partial charge in [0.25, 0.3) is 5.91 Å². The second-order valence-corrected chi connectivity index (χ2v) is 7.71. The van der Waals surface area contributed by atoms with Gasteiger partial charge in [0.15, 0.2) is 5.13 Å². The van der Waals surface area contributed by atoms with Gasteiger partial charge in [-0.3, -0.25) is 14.8 Å². The van der Waals surface area contributed by atoms with E-state index in [2.05, 4.69) is 15.0 Å². The number of carbonyl (C=O) groups excluding carboxylic acids is 1. The highest BCUT2D eigenvalue weighted by Crippen LogP contribution is 2.24. The predicted octanol–water partition coefficient (Wildman–Crippen LogP) is 2.73. The molecule has 2 N–H and O–H groups in total. The van der Waals surface area contributed by atoms with Crippen molar-refractivity contribution in [3.05, 3.63) is 39.9 Å². The van der Waals surface area contributed by atoms with Crippen molar-refractivity contribution in [2.24, 2.45) is 0 Å². The Kier molecular flexibility index (Phi) is 4.50. The van der Waals surface area contributed by atoms with Crippen LogP contribution in [-0.2, 0) is 10.0 Å². The van der Waals surface area contributed by atoms with Gasteiger partial charge in [-0.25, -0.2) is 13.4 Å². The summed E-state index contributed by atoms with van der Waals surface area (Å²) in [5.41, 5.74) is 0.286. The van der Waals surface area contributed by atoms with Crippen LogP contribution < -0.4 is 10.0 Å².